The van der Waals surface area contributed by atoms with Crippen molar-refractivity contribution in [3.8, 4) is 0 Å². The molecule has 0 fully saturated rings. The lowest BCUT2D eigenvalue weighted by Crippen LogP contribution is -2.13. The fourth-order valence-corrected chi connectivity index (χ4v) is 2.44. The van der Waals surface area contributed by atoms with Crippen LogP contribution in [0.2, 0.25) is 0 Å². The summed E-state index contributed by atoms with van der Waals surface area (Å²) in [7, 11) is -3.28. The topological polar surface area (TPSA) is 103 Å². The lowest BCUT2D eigenvalue weighted by atomic mass is 10.3. The molecular weight excluding hydrogens is 256 g/mol. The Hall–Kier alpha value is -1.89. The lowest BCUT2D eigenvalue weighted by Gasteiger charge is -1.99. The van der Waals surface area contributed by atoms with E-state index in [1.165, 1.54) is 18.2 Å². The summed E-state index contributed by atoms with van der Waals surface area (Å²) in [6.07, 6.45) is -0.107. The fraction of sp³-hybridized carbons (Fsp3) is 0.273. The average Bonchev–Trinajstić information content (AvgIpc) is 2.68. The summed E-state index contributed by atoms with van der Waals surface area (Å²) in [6.45, 7) is 1.57. The number of benzene rings is 1. The van der Waals surface area contributed by atoms with Gasteiger partial charge in [-0.2, -0.15) is 0 Å². The Morgan fingerprint density at radius 3 is 2.78 bits per heavy atom. The third kappa shape index (κ3) is 2.35. The van der Waals surface area contributed by atoms with Crippen LogP contribution in [0.3, 0.4) is 0 Å². The largest absolute Gasteiger partial charge is 0.440 e. The van der Waals surface area contributed by atoms with Crippen LogP contribution in [0, 0.1) is 0 Å². The number of rotatable bonds is 4. The molecule has 0 saturated heterocycles. The zero-order valence-electron chi connectivity index (χ0n) is 9.71. The maximum absolute atomic E-state index is 11.7. The number of sulfone groups is 1. The van der Waals surface area contributed by atoms with Crippen LogP contribution in [0.4, 0.5) is 0 Å². The van der Waals surface area contributed by atoms with Gasteiger partial charge in [-0.25, -0.2) is 13.4 Å². The number of carbonyl (C=O) groups excluding carboxylic acids is 1. The number of aromatic nitrogens is 1. The molecule has 0 unspecified atom stereocenters. The number of oxazole rings is 1. The van der Waals surface area contributed by atoms with E-state index in [1.54, 1.807) is 6.92 Å². The molecule has 0 bridgehead atoms. The molecule has 0 aliphatic rings. The molecule has 0 radical (unpaired) electrons. The van der Waals surface area contributed by atoms with E-state index in [1.807, 2.05) is 0 Å². The lowest BCUT2D eigenvalue weighted by molar-refractivity contribution is -0.117. The Morgan fingerprint density at radius 2 is 2.17 bits per heavy atom. The molecule has 7 heteroatoms. The summed E-state index contributed by atoms with van der Waals surface area (Å²) in [6, 6.07) is 4.41. The van der Waals surface area contributed by atoms with Crippen LogP contribution in [0.1, 0.15) is 12.8 Å². The number of carbonyl (C=O) groups is 1. The molecular formula is C11H12N2O4S. The van der Waals surface area contributed by atoms with Gasteiger partial charge in [0.1, 0.15) is 11.9 Å². The predicted molar refractivity (Wildman–Crippen MR) is 64.6 cm³/mol. The minimum Gasteiger partial charge on any atom is -0.440 e. The van der Waals surface area contributed by atoms with Gasteiger partial charge in [0.25, 0.3) is 0 Å². The zero-order valence-corrected chi connectivity index (χ0v) is 10.5. The number of nitrogens with zero attached hydrogens (tertiary/aromatic N) is 1. The van der Waals surface area contributed by atoms with Crippen molar-refractivity contribution in [1.29, 1.82) is 0 Å². The monoisotopic (exact) mass is 268 g/mol. The summed E-state index contributed by atoms with van der Waals surface area (Å²) >= 11 is 0. The normalized spacial score (nSPS) is 11.8. The molecule has 0 saturated carbocycles. The molecule has 1 aromatic heterocycles. The molecule has 0 aliphatic heterocycles. The maximum atomic E-state index is 11.7. The van der Waals surface area contributed by atoms with Crippen molar-refractivity contribution in [3.63, 3.8) is 0 Å². The Morgan fingerprint density at radius 1 is 1.44 bits per heavy atom. The number of primary amides is 1. The highest BCUT2D eigenvalue weighted by Gasteiger charge is 2.15. The first kappa shape index (κ1) is 12.6. The number of amides is 1. The minimum atomic E-state index is -3.28. The molecule has 6 nitrogen and oxygen atoms in total. The molecule has 2 N–H and O–H groups in total. The summed E-state index contributed by atoms with van der Waals surface area (Å²) in [5, 5.41) is 0. The molecule has 1 heterocycles. The third-order valence-corrected chi connectivity index (χ3v) is 4.20. The van der Waals surface area contributed by atoms with Crippen molar-refractivity contribution in [1.82, 2.24) is 4.98 Å². The molecule has 18 heavy (non-hydrogen) atoms. The first-order chi connectivity index (χ1) is 8.42. The van der Waals surface area contributed by atoms with Gasteiger partial charge in [-0.1, -0.05) is 6.92 Å². The van der Waals surface area contributed by atoms with E-state index in [2.05, 4.69) is 4.98 Å². The van der Waals surface area contributed by atoms with E-state index in [-0.39, 0.29) is 23.0 Å². The summed E-state index contributed by atoms with van der Waals surface area (Å²) in [5.41, 5.74) is 5.87. The van der Waals surface area contributed by atoms with Gasteiger partial charge in [-0.05, 0) is 18.2 Å². The quantitative estimate of drug-likeness (QED) is 0.876. The van der Waals surface area contributed by atoms with Crippen LogP contribution in [0.25, 0.3) is 11.1 Å². The van der Waals surface area contributed by atoms with Crippen LogP contribution >= 0.6 is 0 Å². The van der Waals surface area contributed by atoms with Crippen molar-refractivity contribution < 1.29 is 17.6 Å². The summed E-state index contributed by atoms with van der Waals surface area (Å²) in [5.74, 6) is -0.351. The fourth-order valence-electron chi connectivity index (χ4n) is 1.54. The van der Waals surface area contributed by atoms with Gasteiger partial charge in [-0.3, -0.25) is 4.79 Å². The van der Waals surface area contributed by atoms with Crippen LogP contribution in [0.5, 0.6) is 0 Å². The molecule has 96 valence electrons. The Labute approximate surface area is 104 Å². The molecule has 2 aromatic rings. The second kappa shape index (κ2) is 4.41. The average molecular weight is 268 g/mol. The van der Waals surface area contributed by atoms with Crippen molar-refractivity contribution in [2.45, 2.75) is 18.2 Å². The Kier molecular flexibility index (Phi) is 3.08. The van der Waals surface area contributed by atoms with Crippen molar-refractivity contribution in [2.75, 3.05) is 5.75 Å². The van der Waals surface area contributed by atoms with E-state index in [0.29, 0.717) is 11.1 Å². The van der Waals surface area contributed by atoms with Gasteiger partial charge in [0.05, 0.1) is 10.6 Å². The van der Waals surface area contributed by atoms with Crippen LogP contribution in [-0.4, -0.2) is 25.1 Å². The maximum Gasteiger partial charge on any atom is 0.226 e. The highest BCUT2D eigenvalue weighted by molar-refractivity contribution is 7.91. The molecule has 1 amide bonds. The van der Waals surface area contributed by atoms with Crippen molar-refractivity contribution >= 4 is 26.8 Å². The molecule has 2 rings (SSSR count). The van der Waals surface area contributed by atoms with Gasteiger partial charge in [0.15, 0.2) is 15.4 Å². The zero-order chi connectivity index (χ0) is 13.3. The smallest absolute Gasteiger partial charge is 0.226 e. The molecule has 0 atom stereocenters. The second-order valence-corrected chi connectivity index (χ2v) is 6.06. The number of fused-ring (bicyclic) bond motifs is 1. The summed E-state index contributed by atoms with van der Waals surface area (Å²) in [4.78, 5) is 15.0. The van der Waals surface area contributed by atoms with Gasteiger partial charge >= 0.3 is 0 Å². The molecule has 1 aromatic carbocycles. The first-order valence-corrected chi connectivity index (χ1v) is 6.98. The van der Waals surface area contributed by atoms with E-state index in [4.69, 9.17) is 10.2 Å². The molecule has 0 spiro atoms. The van der Waals surface area contributed by atoms with E-state index < -0.39 is 15.7 Å². The van der Waals surface area contributed by atoms with Gasteiger partial charge in [0.2, 0.25) is 11.8 Å². The highest BCUT2D eigenvalue weighted by atomic mass is 32.2. The van der Waals surface area contributed by atoms with Crippen molar-refractivity contribution in [2.24, 2.45) is 5.73 Å². The molecule has 0 aliphatic carbocycles. The van der Waals surface area contributed by atoms with Gasteiger partial charge < -0.3 is 10.2 Å². The highest BCUT2D eigenvalue weighted by Crippen LogP contribution is 2.20. The number of nitrogens with two attached hydrogens (primary N) is 1. The van der Waals surface area contributed by atoms with E-state index >= 15 is 0 Å². The number of hydrogen-bond acceptors (Lipinski definition) is 5. The number of hydrogen-bond donors (Lipinski definition) is 1. The minimum absolute atomic E-state index is 0.0184. The summed E-state index contributed by atoms with van der Waals surface area (Å²) < 4.78 is 28.7. The third-order valence-electron chi connectivity index (χ3n) is 2.47. The Bertz CT molecular complexity index is 703. The van der Waals surface area contributed by atoms with Crippen LogP contribution in [-0.2, 0) is 21.1 Å². The van der Waals surface area contributed by atoms with Gasteiger partial charge in [0, 0.05) is 0 Å². The van der Waals surface area contributed by atoms with E-state index in [9.17, 15) is 13.2 Å². The SMILES string of the molecule is CCS(=O)(=O)c1ccc2oc(CC(N)=O)nc2c1. The Balaban J connectivity index is 2.49. The van der Waals surface area contributed by atoms with Crippen LogP contribution in [0.15, 0.2) is 27.5 Å². The predicted octanol–water partition coefficient (Wildman–Crippen LogP) is 0.649. The van der Waals surface area contributed by atoms with E-state index in [0.717, 1.165) is 0 Å². The van der Waals surface area contributed by atoms with Crippen molar-refractivity contribution in [3.05, 3.63) is 24.1 Å². The standard InChI is InChI=1S/C11H12N2O4S/c1-2-18(15,16)7-3-4-9-8(5-7)13-11(17-9)6-10(12)14/h3-5H,2,6H2,1H3,(H2,12,14). The first-order valence-electron chi connectivity index (χ1n) is 5.33. The second-order valence-electron chi connectivity index (χ2n) is 3.78. The van der Waals surface area contributed by atoms with Gasteiger partial charge in [-0.15, -0.1) is 0 Å². The van der Waals surface area contributed by atoms with Crippen LogP contribution < -0.4 is 5.73 Å².